The molecule has 16 heavy (non-hydrogen) atoms. The van der Waals surface area contributed by atoms with Crippen molar-refractivity contribution in [3.05, 3.63) is 34.9 Å². The van der Waals surface area contributed by atoms with Crippen LogP contribution in [0.2, 0.25) is 5.02 Å². The van der Waals surface area contributed by atoms with Gasteiger partial charge in [0.05, 0.1) is 0 Å². The quantitative estimate of drug-likeness (QED) is 0.829. The van der Waals surface area contributed by atoms with Gasteiger partial charge in [-0.3, -0.25) is 4.90 Å². The topological polar surface area (TPSA) is 29.3 Å². The maximum atomic E-state index is 5.85. The van der Waals surface area contributed by atoms with E-state index in [0.717, 1.165) is 24.5 Å². The summed E-state index contributed by atoms with van der Waals surface area (Å²) in [6.07, 6.45) is 2.33. The zero-order valence-corrected chi connectivity index (χ0v) is 10.9. The van der Waals surface area contributed by atoms with E-state index in [9.17, 15) is 0 Å². The number of rotatable bonds is 6. The van der Waals surface area contributed by atoms with Gasteiger partial charge in [-0.2, -0.15) is 0 Å². The summed E-state index contributed by atoms with van der Waals surface area (Å²) in [5.74, 6) is 0. The maximum Gasteiger partial charge on any atom is 0.0406 e. The fourth-order valence-electron chi connectivity index (χ4n) is 1.86. The van der Waals surface area contributed by atoms with Crippen molar-refractivity contribution in [3.63, 3.8) is 0 Å². The van der Waals surface area contributed by atoms with Gasteiger partial charge in [0.15, 0.2) is 0 Å². The monoisotopic (exact) mass is 240 g/mol. The zero-order valence-electron chi connectivity index (χ0n) is 10.1. The SMILES string of the molecule is CCCC(CN)N(C)Cc1ccc(Cl)cc1. The third-order valence-corrected chi connectivity index (χ3v) is 3.11. The molecule has 0 aliphatic carbocycles. The largest absolute Gasteiger partial charge is 0.329 e. The van der Waals surface area contributed by atoms with Crippen LogP contribution in [0.15, 0.2) is 24.3 Å². The summed E-state index contributed by atoms with van der Waals surface area (Å²) in [6, 6.07) is 8.47. The van der Waals surface area contributed by atoms with E-state index in [1.807, 2.05) is 12.1 Å². The minimum absolute atomic E-state index is 0.473. The first-order chi connectivity index (χ1) is 7.67. The van der Waals surface area contributed by atoms with Crippen molar-refractivity contribution in [2.75, 3.05) is 13.6 Å². The first-order valence-corrected chi connectivity index (χ1v) is 6.20. The number of hydrogen-bond donors (Lipinski definition) is 1. The lowest BCUT2D eigenvalue weighted by Gasteiger charge is -2.26. The van der Waals surface area contributed by atoms with E-state index in [2.05, 4.69) is 31.0 Å². The van der Waals surface area contributed by atoms with Crippen molar-refractivity contribution in [2.45, 2.75) is 32.4 Å². The Bertz CT molecular complexity index is 297. The average Bonchev–Trinajstić information content (AvgIpc) is 2.29. The van der Waals surface area contributed by atoms with Crippen molar-refractivity contribution in [3.8, 4) is 0 Å². The van der Waals surface area contributed by atoms with Crippen molar-refractivity contribution < 1.29 is 0 Å². The summed E-state index contributed by atoms with van der Waals surface area (Å²) in [6.45, 7) is 3.84. The van der Waals surface area contributed by atoms with Gasteiger partial charge >= 0.3 is 0 Å². The summed E-state index contributed by atoms with van der Waals surface area (Å²) in [4.78, 5) is 2.31. The van der Waals surface area contributed by atoms with Gasteiger partial charge < -0.3 is 5.73 Å². The lowest BCUT2D eigenvalue weighted by atomic mass is 10.1. The van der Waals surface area contributed by atoms with Gasteiger partial charge in [-0.1, -0.05) is 37.1 Å². The molecule has 1 rings (SSSR count). The zero-order chi connectivity index (χ0) is 12.0. The smallest absolute Gasteiger partial charge is 0.0406 e. The van der Waals surface area contributed by atoms with Gasteiger partial charge in [-0.25, -0.2) is 0 Å². The fourth-order valence-corrected chi connectivity index (χ4v) is 1.98. The summed E-state index contributed by atoms with van der Waals surface area (Å²) in [7, 11) is 2.13. The van der Waals surface area contributed by atoms with Crippen molar-refractivity contribution in [2.24, 2.45) is 5.73 Å². The molecular weight excluding hydrogens is 220 g/mol. The summed E-state index contributed by atoms with van der Waals surface area (Å²) in [5, 5.41) is 0.787. The average molecular weight is 241 g/mol. The highest BCUT2D eigenvalue weighted by Crippen LogP contribution is 2.13. The van der Waals surface area contributed by atoms with Gasteiger partial charge in [0.25, 0.3) is 0 Å². The van der Waals surface area contributed by atoms with Crippen LogP contribution in [0.4, 0.5) is 0 Å². The number of likely N-dealkylation sites (N-methyl/N-ethyl adjacent to an activating group) is 1. The Morgan fingerprint density at radius 3 is 2.44 bits per heavy atom. The molecule has 0 bridgehead atoms. The van der Waals surface area contributed by atoms with Crippen LogP contribution >= 0.6 is 11.6 Å². The third kappa shape index (κ3) is 4.12. The predicted molar refractivity (Wildman–Crippen MR) is 70.7 cm³/mol. The van der Waals surface area contributed by atoms with E-state index in [1.54, 1.807) is 0 Å². The van der Waals surface area contributed by atoms with Gasteiger partial charge in [-0.05, 0) is 31.2 Å². The molecule has 1 aromatic rings. The van der Waals surface area contributed by atoms with Gasteiger partial charge in [0.1, 0.15) is 0 Å². The lowest BCUT2D eigenvalue weighted by Crippen LogP contribution is -2.37. The lowest BCUT2D eigenvalue weighted by molar-refractivity contribution is 0.226. The first kappa shape index (κ1) is 13.5. The number of nitrogens with two attached hydrogens (primary N) is 1. The summed E-state index contributed by atoms with van der Waals surface area (Å²) < 4.78 is 0. The molecule has 0 saturated heterocycles. The molecule has 2 nitrogen and oxygen atoms in total. The Kier molecular flexibility index (Phi) is 5.81. The Morgan fingerprint density at radius 2 is 1.94 bits per heavy atom. The van der Waals surface area contributed by atoms with Crippen molar-refractivity contribution in [1.82, 2.24) is 4.90 Å². The van der Waals surface area contributed by atoms with Crippen LogP contribution in [-0.2, 0) is 6.54 Å². The van der Waals surface area contributed by atoms with E-state index in [-0.39, 0.29) is 0 Å². The molecule has 0 fully saturated rings. The van der Waals surface area contributed by atoms with E-state index < -0.39 is 0 Å². The molecule has 90 valence electrons. The van der Waals surface area contributed by atoms with Gasteiger partial charge in [0, 0.05) is 24.2 Å². The molecule has 3 heteroatoms. The van der Waals surface area contributed by atoms with Crippen molar-refractivity contribution in [1.29, 1.82) is 0 Å². The molecule has 0 heterocycles. The normalized spacial score (nSPS) is 13.1. The molecule has 0 spiro atoms. The molecule has 1 aromatic carbocycles. The van der Waals surface area contributed by atoms with Crippen LogP contribution in [0.25, 0.3) is 0 Å². The van der Waals surface area contributed by atoms with E-state index in [1.165, 1.54) is 12.0 Å². The van der Waals surface area contributed by atoms with Crippen molar-refractivity contribution >= 4 is 11.6 Å². The predicted octanol–water partition coefficient (Wildman–Crippen LogP) is 2.90. The number of benzene rings is 1. The Labute approximate surface area is 103 Å². The molecule has 0 aromatic heterocycles. The highest BCUT2D eigenvalue weighted by molar-refractivity contribution is 6.30. The van der Waals surface area contributed by atoms with Crippen LogP contribution in [-0.4, -0.2) is 24.5 Å². The number of halogens is 1. The molecule has 1 atom stereocenters. The van der Waals surface area contributed by atoms with Gasteiger partial charge in [0.2, 0.25) is 0 Å². The molecule has 0 aliphatic rings. The molecule has 1 unspecified atom stereocenters. The summed E-state index contributed by atoms with van der Waals surface area (Å²) in [5.41, 5.74) is 7.05. The maximum absolute atomic E-state index is 5.85. The molecule has 0 amide bonds. The Balaban J connectivity index is 2.55. The fraction of sp³-hybridized carbons (Fsp3) is 0.538. The third-order valence-electron chi connectivity index (χ3n) is 2.86. The molecule has 0 aliphatic heterocycles. The molecule has 2 N–H and O–H groups in total. The van der Waals surface area contributed by atoms with Crippen LogP contribution < -0.4 is 5.73 Å². The first-order valence-electron chi connectivity index (χ1n) is 5.82. The van der Waals surface area contributed by atoms with E-state index >= 15 is 0 Å². The second-order valence-corrected chi connectivity index (χ2v) is 4.66. The van der Waals surface area contributed by atoms with Crippen LogP contribution in [0.5, 0.6) is 0 Å². The van der Waals surface area contributed by atoms with Crippen LogP contribution in [0.3, 0.4) is 0 Å². The Hall–Kier alpha value is -0.570. The number of hydrogen-bond acceptors (Lipinski definition) is 2. The standard InChI is InChI=1S/C13H21ClN2/c1-3-4-13(9-15)16(2)10-11-5-7-12(14)8-6-11/h5-8,13H,3-4,9-10,15H2,1-2H3. The van der Waals surface area contributed by atoms with Crippen LogP contribution in [0, 0.1) is 0 Å². The Morgan fingerprint density at radius 1 is 1.31 bits per heavy atom. The van der Waals surface area contributed by atoms with Crippen LogP contribution in [0.1, 0.15) is 25.3 Å². The second kappa shape index (κ2) is 6.89. The minimum atomic E-state index is 0.473. The highest BCUT2D eigenvalue weighted by atomic mass is 35.5. The molecular formula is C13H21ClN2. The summed E-state index contributed by atoms with van der Waals surface area (Å²) >= 11 is 5.85. The van der Waals surface area contributed by atoms with Gasteiger partial charge in [-0.15, -0.1) is 0 Å². The number of nitrogens with zero attached hydrogens (tertiary/aromatic N) is 1. The molecule has 0 saturated carbocycles. The van der Waals surface area contributed by atoms with E-state index in [4.69, 9.17) is 17.3 Å². The minimum Gasteiger partial charge on any atom is -0.329 e. The van der Waals surface area contributed by atoms with E-state index in [0.29, 0.717) is 6.04 Å². The second-order valence-electron chi connectivity index (χ2n) is 4.22. The highest BCUT2D eigenvalue weighted by Gasteiger charge is 2.11. The molecule has 0 radical (unpaired) electrons.